The molecule has 2 heterocycles. The Balaban J connectivity index is 1.37. The Morgan fingerprint density at radius 1 is 1.04 bits per heavy atom. The second-order valence-corrected chi connectivity index (χ2v) is 7.69. The van der Waals surface area contributed by atoms with E-state index in [0.717, 1.165) is 34.7 Å². The van der Waals surface area contributed by atoms with E-state index in [4.69, 9.17) is 21.1 Å². The summed E-state index contributed by atoms with van der Waals surface area (Å²) in [4.78, 5) is 16.9. The molecule has 2 aromatic carbocycles. The average Bonchev–Trinajstić information content (AvgIpc) is 3.12. The summed E-state index contributed by atoms with van der Waals surface area (Å²) in [6, 6.07) is 11.2. The molecule has 2 aliphatic heterocycles. The quantitative estimate of drug-likeness (QED) is 0.733. The van der Waals surface area contributed by atoms with Crippen LogP contribution in [0.25, 0.3) is 0 Å². The van der Waals surface area contributed by atoms with Gasteiger partial charge >= 0.3 is 0 Å². The molecule has 0 saturated carbocycles. The monoisotopic (exact) mass is 436 g/mol. The number of piperazine rings is 1. The standard InChI is InChI=1S/C19H18BrClN2O3/c20-15-2-3-16(21)14(9-15)11-22-5-7-23(8-6-22)19(24)13-1-4-17-18(10-13)26-12-25-17/h1-4,9-10H,5-8,11-12H2. The lowest BCUT2D eigenvalue weighted by molar-refractivity contribution is 0.0628. The number of amides is 1. The number of carbonyl (C=O) groups excluding carboxylic acids is 1. The molecule has 2 aromatic rings. The molecule has 0 N–H and O–H groups in total. The molecule has 136 valence electrons. The van der Waals surface area contributed by atoms with Crippen LogP contribution in [0, 0.1) is 0 Å². The van der Waals surface area contributed by atoms with Crippen LogP contribution < -0.4 is 9.47 Å². The predicted octanol–water partition coefficient (Wildman–Crippen LogP) is 3.79. The number of benzene rings is 2. The number of carbonyl (C=O) groups is 1. The zero-order chi connectivity index (χ0) is 18.1. The van der Waals surface area contributed by atoms with E-state index in [-0.39, 0.29) is 12.7 Å². The van der Waals surface area contributed by atoms with Crippen LogP contribution in [-0.4, -0.2) is 48.7 Å². The van der Waals surface area contributed by atoms with E-state index >= 15 is 0 Å². The highest BCUT2D eigenvalue weighted by molar-refractivity contribution is 9.10. The maximum atomic E-state index is 12.7. The molecule has 1 fully saturated rings. The zero-order valence-corrected chi connectivity index (χ0v) is 16.4. The van der Waals surface area contributed by atoms with Gasteiger partial charge in [0.1, 0.15) is 0 Å². The summed E-state index contributed by atoms with van der Waals surface area (Å²) in [5.74, 6) is 1.36. The first kappa shape index (κ1) is 17.6. The maximum absolute atomic E-state index is 12.7. The van der Waals surface area contributed by atoms with Crippen LogP contribution in [0.15, 0.2) is 40.9 Å². The number of hydrogen-bond donors (Lipinski definition) is 0. The number of hydrogen-bond acceptors (Lipinski definition) is 4. The third-order valence-corrected chi connectivity index (χ3v) is 5.54. The highest BCUT2D eigenvalue weighted by Gasteiger charge is 2.24. The maximum Gasteiger partial charge on any atom is 0.254 e. The lowest BCUT2D eigenvalue weighted by Gasteiger charge is -2.35. The third-order valence-electron chi connectivity index (χ3n) is 4.68. The number of nitrogens with zero attached hydrogens (tertiary/aromatic N) is 2. The zero-order valence-electron chi connectivity index (χ0n) is 14.1. The average molecular weight is 438 g/mol. The van der Waals surface area contributed by atoms with Gasteiger partial charge in [-0.3, -0.25) is 9.69 Å². The lowest BCUT2D eigenvalue weighted by Crippen LogP contribution is -2.48. The van der Waals surface area contributed by atoms with Gasteiger partial charge < -0.3 is 14.4 Å². The number of fused-ring (bicyclic) bond motifs is 1. The molecule has 1 amide bonds. The summed E-state index contributed by atoms with van der Waals surface area (Å²) in [5, 5.41) is 0.770. The summed E-state index contributed by atoms with van der Waals surface area (Å²) in [5.41, 5.74) is 1.73. The van der Waals surface area contributed by atoms with Gasteiger partial charge in [0.2, 0.25) is 6.79 Å². The molecule has 0 unspecified atom stereocenters. The fourth-order valence-corrected chi connectivity index (χ4v) is 3.81. The summed E-state index contributed by atoms with van der Waals surface area (Å²) >= 11 is 9.77. The van der Waals surface area contributed by atoms with Crippen molar-refractivity contribution in [3.05, 3.63) is 57.0 Å². The van der Waals surface area contributed by atoms with Crippen molar-refractivity contribution in [1.29, 1.82) is 0 Å². The first-order valence-corrected chi connectivity index (χ1v) is 9.62. The molecule has 7 heteroatoms. The number of ether oxygens (including phenoxy) is 2. The van der Waals surface area contributed by atoms with E-state index < -0.39 is 0 Å². The molecule has 0 radical (unpaired) electrons. The molecule has 0 aliphatic carbocycles. The van der Waals surface area contributed by atoms with Gasteiger partial charge in [-0.15, -0.1) is 0 Å². The largest absolute Gasteiger partial charge is 0.454 e. The highest BCUT2D eigenvalue weighted by Crippen LogP contribution is 2.33. The van der Waals surface area contributed by atoms with Gasteiger partial charge in [-0.1, -0.05) is 27.5 Å². The van der Waals surface area contributed by atoms with Crippen molar-refractivity contribution in [2.75, 3.05) is 33.0 Å². The Hall–Kier alpha value is -1.76. The van der Waals surface area contributed by atoms with Crippen LogP contribution in [0.2, 0.25) is 5.02 Å². The molecular weight excluding hydrogens is 420 g/mol. The van der Waals surface area contributed by atoms with Crippen LogP contribution in [0.1, 0.15) is 15.9 Å². The van der Waals surface area contributed by atoms with Gasteiger partial charge in [0.25, 0.3) is 5.91 Å². The van der Waals surface area contributed by atoms with Gasteiger partial charge in [-0.2, -0.15) is 0 Å². The molecule has 0 spiro atoms. The molecule has 0 bridgehead atoms. The predicted molar refractivity (Wildman–Crippen MR) is 103 cm³/mol. The van der Waals surface area contributed by atoms with E-state index in [2.05, 4.69) is 20.8 Å². The molecule has 0 aromatic heterocycles. The van der Waals surface area contributed by atoms with E-state index in [1.165, 1.54) is 0 Å². The van der Waals surface area contributed by atoms with Crippen LogP contribution in [0.5, 0.6) is 11.5 Å². The first-order valence-electron chi connectivity index (χ1n) is 8.45. The lowest BCUT2D eigenvalue weighted by atomic mass is 10.1. The second kappa shape index (κ2) is 7.47. The van der Waals surface area contributed by atoms with Crippen molar-refractivity contribution in [1.82, 2.24) is 9.80 Å². The number of halogens is 2. The topological polar surface area (TPSA) is 42.0 Å². The molecule has 26 heavy (non-hydrogen) atoms. The first-order chi connectivity index (χ1) is 12.6. The van der Waals surface area contributed by atoms with Crippen molar-refractivity contribution in [3.8, 4) is 11.5 Å². The summed E-state index contributed by atoms with van der Waals surface area (Å²) in [7, 11) is 0. The minimum Gasteiger partial charge on any atom is -0.454 e. The van der Waals surface area contributed by atoms with E-state index in [9.17, 15) is 4.79 Å². The Kier molecular flexibility index (Phi) is 5.07. The molecule has 2 aliphatic rings. The van der Waals surface area contributed by atoms with Gasteiger partial charge in [0, 0.05) is 47.8 Å². The highest BCUT2D eigenvalue weighted by atomic mass is 79.9. The van der Waals surface area contributed by atoms with Crippen LogP contribution >= 0.6 is 27.5 Å². The Labute approximate surface area is 165 Å². The molecule has 1 saturated heterocycles. The van der Waals surface area contributed by atoms with Gasteiger partial charge in [-0.25, -0.2) is 0 Å². The second-order valence-electron chi connectivity index (χ2n) is 6.37. The van der Waals surface area contributed by atoms with Crippen molar-refractivity contribution in [3.63, 3.8) is 0 Å². The van der Waals surface area contributed by atoms with Crippen LogP contribution in [0.3, 0.4) is 0 Å². The van der Waals surface area contributed by atoms with Crippen LogP contribution in [0.4, 0.5) is 0 Å². The Morgan fingerprint density at radius 3 is 2.62 bits per heavy atom. The smallest absolute Gasteiger partial charge is 0.254 e. The summed E-state index contributed by atoms with van der Waals surface area (Å²) < 4.78 is 11.7. The van der Waals surface area contributed by atoms with Crippen molar-refractivity contribution in [2.45, 2.75) is 6.54 Å². The van der Waals surface area contributed by atoms with Gasteiger partial charge in [0.05, 0.1) is 0 Å². The fraction of sp³-hybridized carbons (Fsp3) is 0.316. The van der Waals surface area contributed by atoms with Gasteiger partial charge in [0.15, 0.2) is 11.5 Å². The molecule has 5 nitrogen and oxygen atoms in total. The van der Waals surface area contributed by atoms with Gasteiger partial charge in [-0.05, 0) is 42.0 Å². The Bertz CT molecular complexity index is 838. The third kappa shape index (κ3) is 3.68. The van der Waals surface area contributed by atoms with Crippen molar-refractivity contribution >= 4 is 33.4 Å². The minimum atomic E-state index is 0.0310. The molecule has 0 atom stereocenters. The van der Waals surface area contributed by atoms with Crippen molar-refractivity contribution in [2.24, 2.45) is 0 Å². The summed E-state index contributed by atoms with van der Waals surface area (Å²) in [6.45, 7) is 4.02. The fourth-order valence-electron chi connectivity index (χ4n) is 3.23. The SMILES string of the molecule is O=C(c1ccc2c(c1)OCO2)N1CCN(Cc2cc(Br)ccc2Cl)CC1. The molecule has 4 rings (SSSR count). The molecular formula is C19H18BrClN2O3. The van der Waals surface area contributed by atoms with Crippen LogP contribution in [-0.2, 0) is 6.54 Å². The summed E-state index contributed by atoms with van der Waals surface area (Å²) in [6.07, 6.45) is 0. The Morgan fingerprint density at radius 2 is 1.81 bits per heavy atom. The minimum absolute atomic E-state index is 0.0310. The number of rotatable bonds is 3. The normalized spacial score (nSPS) is 16.8. The van der Waals surface area contributed by atoms with E-state index in [0.29, 0.717) is 30.2 Å². The van der Waals surface area contributed by atoms with Crippen molar-refractivity contribution < 1.29 is 14.3 Å². The van der Waals surface area contributed by atoms with E-state index in [1.807, 2.05) is 23.1 Å². The van der Waals surface area contributed by atoms with E-state index in [1.54, 1.807) is 18.2 Å².